The fourth-order valence-electron chi connectivity index (χ4n) is 1.85. The van der Waals surface area contributed by atoms with Crippen molar-refractivity contribution in [3.63, 3.8) is 0 Å². The Balaban J connectivity index is 2.04. The van der Waals surface area contributed by atoms with Gasteiger partial charge in [-0.2, -0.15) is 0 Å². The summed E-state index contributed by atoms with van der Waals surface area (Å²) in [4.78, 5) is 24.3. The number of rotatable bonds is 5. The van der Waals surface area contributed by atoms with Crippen LogP contribution in [-0.2, 0) is 10.8 Å². The Kier molecular flexibility index (Phi) is 4.61. The predicted molar refractivity (Wildman–Crippen MR) is 74.7 cm³/mol. The van der Waals surface area contributed by atoms with E-state index in [-0.39, 0.29) is 22.4 Å². The van der Waals surface area contributed by atoms with E-state index in [9.17, 15) is 13.8 Å². The van der Waals surface area contributed by atoms with Crippen molar-refractivity contribution in [1.82, 2.24) is 10.2 Å². The van der Waals surface area contributed by atoms with Gasteiger partial charge in [-0.1, -0.05) is 11.6 Å². The number of carbonyl (C=O) groups is 2. The van der Waals surface area contributed by atoms with Crippen LogP contribution in [-0.4, -0.2) is 51.6 Å². The molecule has 2 amide bonds. The van der Waals surface area contributed by atoms with Crippen LogP contribution < -0.4 is 5.32 Å². The van der Waals surface area contributed by atoms with Crippen LogP contribution in [0, 0.1) is 0 Å². The van der Waals surface area contributed by atoms with E-state index in [4.69, 9.17) is 16.7 Å². The molecule has 1 unspecified atom stereocenters. The highest BCUT2D eigenvalue weighted by Gasteiger charge is 2.20. The third-order valence-electron chi connectivity index (χ3n) is 2.92. The van der Waals surface area contributed by atoms with Crippen LogP contribution in [0.15, 0.2) is 23.1 Å². The number of nitrogens with zero attached hydrogens (tertiary/aromatic N) is 1. The first-order valence-electron chi connectivity index (χ1n) is 5.93. The lowest BCUT2D eigenvalue weighted by Gasteiger charge is -2.13. The van der Waals surface area contributed by atoms with Gasteiger partial charge in [-0.05, 0) is 18.2 Å². The number of carboxylic acid groups (broad SMARTS) is 1. The first-order valence-corrected chi connectivity index (χ1v) is 7.62. The fourth-order valence-corrected chi connectivity index (χ4v) is 3.13. The maximum absolute atomic E-state index is 12.1. The summed E-state index contributed by atoms with van der Waals surface area (Å²) < 4.78 is 12.1. The van der Waals surface area contributed by atoms with Crippen molar-refractivity contribution in [2.24, 2.45) is 0 Å². The SMILES string of the molecule is O=C(O)c1cc(S(=O)CCN2CCNC2=O)ccc1Cl. The smallest absolute Gasteiger partial charge is 0.337 e. The minimum atomic E-state index is -1.37. The number of amides is 2. The lowest BCUT2D eigenvalue weighted by molar-refractivity contribution is 0.0697. The van der Waals surface area contributed by atoms with Crippen molar-refractivity contribution in [3.8, 4) is 0 Å². The van der Waals surface area contributed by atoms with Gasteiger partial charge in [0.2, 0.25) is 0 Å². The van der Waals surface area contributed by atoms with E-state index in [0.717, 1.165) is 0 Å². The summed E-state index contributed by atoms with van der Waals surface area (Å²) in [6, 6.07) is 4.10. The standard InChI is InChI=1S/C12H13ClN2O4S/c13-10-2-1-8(7-9(10)11(16)17)20(19)6-5-15-4-3-14-12(15)18/h1-2,7H,3-6H2,(H,14,18)(H,16,17). The number of carbonyl (C=O) groups excluding carboxylic acids is 1. The maximum Gasteiger partial charge on any atom is 0.337 e. The second-order valence-corrected chi connectivity index (χ2v) is 6.19. The van der Waals surface area contributed by atoms with E-state index < -0.39 is 16.8 Å². The van der Waals surface area contributed by atoms with Crippen molar-refractivity contribution < 1.29 is 18.9 Å². The summed E-state index contributed by atoms with van der Waals surface area (Å²) in [5.74, 6) is -0.901. The Labute approximate surface area is 123 Å². The Bertz CT molecular complexity index is 579. The Hall–Kier alpha value is -1.60. The summed E-state index contributed by atoms with van der Waals surface area (Å²) in [5, 5.41) is 11.7. The zero-order valence-corrected chi connectivity index (χ0v) is 12.0. The van der Waals surface area contributed by atoms with Gasteiger partial charge in [0.15, 0.2) is 0 Å². The summed E-state index contributed by atoms with van der Waals surface area (Å²) in [7, 11) is -1.37. The lowest BCUT2D eigenvalue weighted by Crippen LogP contribution is -2.31. The topological polar surface area (TPSA) is 86.7 Å². The van der Waals surface area contributed by atoms with Crippen molar-refractivity contribution in [1.29, 1.82) is 0 Å². The van der Waals surface area contributed by atoms with Crippen molar-refractivity contribution >= 4 is 34.4 Å². The molecule has 1 heterocycles. The van der Waals surface area contributed by atoms with E-state index in [1.165, 1.54) is 18.2 Å². The van der Waals surface area contributed by atoms with Gasteiger partial charge in [0.05, 0.1) is 21.4 Å². The number of carboxylic acids is 1. The number of halogens is 1. The van der Waals surface area contributed by atoms with Gasteiger partial charge in [-0.15, -0.1) is 0 Å². The second kappa shape index (κ2) is 6.23. The molecule has 0 bridgehead atoms. The van der Waals surface area contributed by atoms with E-state index in [2.05, 4.69) is 5.32 Å². The van der Waals surface area contributed by atoms with Crippen LogP contribution in [0.3, 0.4) is 0 Å². The van der Waals surface area contributed by atoms with E-state index >= 15 is 0 Å². The van der Waals surface area contributed by atoms with Crippen LogP contribution in [0.25, 0.3) is 0 Å². The Morgan fingerprint density at radius 2 is 2.25 bits per heavy atom. The van der Waals surface area contributed by atoms with Gasteiger partial charge in [0.1, 0.15) is 0 Å². The molecule has 0 saturated carbocycles. The third-order valence-corrected chi connectivity index (χ3v) is 4.59. The quantitative estimate of drug-likeness (QED) is 0.853. The molecule has 0 spiro atoms. The van der Waals surface area contributed by atoms with Gasteiger partial charge in [0.25, 0.3) is 0 Å². The first-order chi connectivity index (χ1) is 9.49. The molecule has 1 atom stereocenters. The number of hydrogen-bond acceptors (Lipinski definition) is 3. The monoisotopic (exact) mass is 316 g/mol. The van der Waals surface area contributed by atoms with Crippen molar-refractivity contribution in [2.75, 3.05) is 25.4 Å². The van der Waals surface area contributed by atoms with E-state index in [0.29, 0.717) is 24.5 Å². The molecule has 1 saturated heterocycles. The lowest BCUT2D eigenvalue weighted by atomic mass is 10.2. The molecule has 1 fully saturated rings. The molecule has 1 aromatic carbocycles. The minimum absolute atomic E-state index is 0.0727. The van der Waals surface area contributed by atoms with Crippen LogP contribution in [0.5, 0.6) is 0 Å². The van der Waals surface area contributed by atoms with Gasteiger partial charge < -0.3 is 15.3 Å². The van der Waals surface area contributed by atoms with Gasteiger partial charge in [0, 0.05) is 30.3 Å². The van der Waals surface area contributed by atoms with E-state index in [1.54, 1.807) is 4.90 Å². The second-order valence-electron chi connectivity index (χ2n) is 4.22. The molecule has 0 radical (unpaired) electrons. The molecule has 8 heteroatoms. The summed E-state index contributed by atoms with van der Waals surface area (Å²) >= 11 is 5.75. The Morgan fingerprint density at radius 3 is 2.85 bits per heavy atom. The average molecular weight is 317 g/mol. The largest absolute Gasteiger partial charge is 0.478 e. The van der Waals surface area contributed by atoms with Gasteiger partial charge >= 0.3 is 12.0 Å². The molecule has 1 aromatic rings. The average Bonchev–Trinajstić information content (AvgIpc) is 2.81. The molecule has 0 aromatic heterocycles. The number of hydrogen-bond donors (Lipinski definition) is 2. The van der Waals surface area contributed by atoms with Gasteiger partial charge in [-0.25, -0.2) is 9.59 Å². The van der Waals surface area contributed by atoms with Crippen molar-refractivity contribution in [3.05, 3.63) is 28.8 Å². The number of nitrogens with one attached hydrogen (secondary N) is 1. The molecule has 1 aliphatic heterocycles. The molecular formula is C12H13ClN2O4S. The van der Waals surface area contributed by atoms with Gasteiger partial charge in [-0.3, -0.25) is 4.21 Å². The summed E-state index contributed by atoms with van der Waals surface area (Å²) in [6.45, 7) is 1.55. The molecule has 2 N–H and O–H groups in total. The zero-order valence-electron chi connectivity index (χ0n) is 10.5. The van der Waals surface area contributed by atoms with Crippen LogP contribution in [0.2, 0.25) is 5.02 Å². The van der Waals surface area contributed by atoms with Crippen LogP contribution in [0.1, 0.15) is 10.4 Å². The molecular weight excluding hydrogens is 304 g/mol. The molecule has 20 heavy (non-hydrogen) atoms. The number of aromatic carboxylic acids is 1. The number of benzene rings is 1. The first kappa shape index (κ1) is 14.8. The van der Waals surface area contributed by atoms with Crippen molar-refractivity contribution in [2.45, 2.75) is 4.90 Å². The maximum atomic E-state index is 12.1. The Morgan fingerprint density at radius 1 is 1.50 bits per heavy atom. The number of urea groups is 1. The highest BCUT2D eigenvalue weighted by atomic mass is 35.5. The summed E-state index contributed by atoms with van der Waals surface area (Å²) in [5.41, 5.74) is -0.0727. The van der Waals surface area contributed by atoms with Crippen LogP contribution in [0.4, 0.5) is 4.79 Å². The molecule has 2 rings (SSSR count). The molecule has 1 aliphatic rings. The highest BCUT2D eigenvalue weighted by Crippen LogP contribution is 2.20. The summed E-state index contributed by atoms with van der Waals surface area (Å²) in [6.07, 6.45) is 0. The zero-order chi connectivity index (χ0) is 14.7. The third kappa shape index (κ3) is 3.29. The molecule has 108 valence electrons. The van der Waals surface area contributed by atoms with E-state index in [1.807, 2.05) is 0 Å². The molecule has 6 nitrogen and oxygen atoms in total. The normalized spacial score (nSPS) is 16.1. The van der Waals surface area contributed by atoms with Crippen LogP contribution >= 0.6 is 11.6 Å². The predicted octanol–water partition coefficient (Wildman–Crippen LogP) is 1.17. The highest BCUT2D eigenvalue weighted by molar-refractivity contribution is 7.85. The fraction of sp³-hybridized carbons (Fsp3) is 0.333. The molecule has 0 aliphatic carbocycles. The minimum Gasteiger partial charge on any atom is -0.478 e.